The van der Waals surface area contributed by atoms with Crippen molar-refractivity contribution < 1.29 is 4.79 Å². The third-order valence-corrected chi connectivity index (χ3v) is 3.69. The highest BCUT2D eigenvalue weighted by Crippen LogP contribution is 2.38. The summed E-state index contributed by atoms with van der Waals surface area (Å²) in [5, 5.41) is 9.74. The van der Waals surface area contributed by atoms with Crippen LogP contribution >= 0.6 is 11.8 Å². The number of para-hydroxylation sites is 1. The van der Waals surface area contributed by atoms with E-state index in [0.717, 1.165) is 5.69 Å². The number of primary amides is 1. The number of hydrogen-bond acceptors (Lipinski definition) is 6. The Morgan fingerprint density at radius 1 is 1.28 bits per heavy atom. The highest BCUT2D eigenvalue weighted by atomic mass is 32.2. The molecule has 1 unspecified atom stereocenters. The second kappa shape index (κ2) is 4.00. The van der Waals surface area contributed by atoms with Gasteiger partial charge in [-0.1, -0.05) is 30.0 Å². The molecule has 1 aliphatic heterocycles. The van der Waals surface area contributed by atoms with Crippen molar-refractivity contribution >= 4 is 23.5 Å². The summed E-state index contributed by atoms with van der Waals surface area (Å²) in [6, 6.07) is 9.46. The molecule has 8 heteroatoms. The quantitative estimate of drug-likeness (QED) is 0.730. The Hall–Kier alpha value is -2.06. The number of benzene rings is 1. The molecule has 0 spiro atoms. The standard InChI is InChI=1S/C10H10N6OS/c11-7(17)10-15(12)8-9(18-10)14-16(13-8)6-4-2-1-3-5-6/h1-5,10H,12H2,(H2,11,17). The summed E-state index contributed by atoms with van der Waals surface area (Å²) in [7, 11) is 0. The van der Waals surface area contributed by atoms with E-state index in [2.05, 4.69) is 10.2 Å². The molecule has 0 bridgehead atoms. The first-order valence-electron chi connectivity index (χ1n) is 5.19. The van der Waals surface area contributed by atoms with Gasteiger partial charge in [-0.05, 0) is 12.1 Å². The van der Waals surface area contributed by atoms with Crippen molar-refractivity contribution in [2.75, 3.05) is 5.01 Å². The monoisotopic (exact) mass is 262 g/mol. The molecule has 0 aliphatic carbocycles. The zero-order valence-electron chi connectivity index (χ0n) is 9.22. The molecular formula is C10H10N6OS. The lowest BCUT2D eigenvalue weighted by Gasteiger charge is -2.15. The van der Waals surface area contributed by atoms with E-state index in [1.54, 1.807) is 0 Å². The largest absolute Gasteiger partial charge is 0.367 e. The lowest BCUT2D eigenvalue weighted by Crippen LogP contribution is -2.44. The highest BCUT2D eigenvalue weighted by Gasteiger charge is 2.36. The van der Waals surface area contributed by atoms with Gasteiger partial charge >= 0.3 is 0 Å². The summed E-state index contributed by atoms with van der Waals surface area (Å²) < 4.78 is 0. The van der Waals surface area contributed by atoms with Crippen molar-refractivity contribution in [1.29, 1.82) is 0 Å². The molecule has 7 nitrogen and oxygen atoms in total. The van der Waals surface area contributed by atoms with Gasteiger partial charge in [-0.25, -0.2) is 5.84 Å². The van der Waals surface area contributed by atoms with Gasteiger partial charge in [-0.15, -0.1) is 15.0 Å². The molecular weight excluding hydrogens is 252 g/mol. The first-order valence-corrected chi connectivity index (χ1v) is 6.07. The number of thioether (sulfide) groups is 1. The van der Waals surface area contributed by atoms with Crippen LogP contribution in [-0.4, -0.2) is 26.3 Å². The molecule has 3 rings (SSSR count). The lowest BCUT2D eigenvalue weighted by atomic mass is 10.3. The lowest BCUT2D eigenvalue weighted by molar-refractivity contribution is -0.117. The Kier molecular flexibility index (Phi) is 2.46. The van der Waals surface area contributed by atoms with Crippen molar-refractivity contribution in [2.45, 2.75) is 10.4 Å². The van der Waals surface area contributed by atoms with Crippen molar-refractivity contribution in [2.24, 2.45) is 11.6 Å². The van der Waals surface area contributed by atoms with E-state index in [1.165, 1.54) is 21.6 Å². The first-order chi connectivity index (χ1) is 8.66. The molecule has 0 saturated heterocycles. The fourth-order valence-corrected chi connectivity index (χ4v) is 2.59. The second-order valence-electron chi connectivity index (χ2n) is 3.73. The fourth-order valence-electron chi connectivity index (χ4n) is 1.67. The van der Waals surface area contributed by atoms with Gasteiger partial charge in [0.05, 0.1) is 5.69 Å². The third kappa shape index (κ3) is 1.62. The van der Waals surface area contributed by atoms with Crippen molar-refractivity contribution in [3.63, 3.8) is 0 Å². The third-order valence-electron chi connectivity index (χ3n) is 2.52. The Labute approximate surface area is 107 Å². The average Bonchev–Trinajstić information content (AvgIpc) is 2.91. The van der Waals surface area contributed by atoms with Crippen LogP contribution in [0, 0.1) is 0 Å². The molecule has 4 N–H and O–H groups in total. The minimum atomic E-state index is -0.638. The van der Waals surface area contributed by atoms with E-state index >= 15 is 0 Å². The van der Waals surface area contributed by atoms with E-state index in [-0.39, 0.29) is 0 Å². The molecule has 2 aromatic rings. The number of nitrogens with two attached hydrogens (primary N) is 2. The van der Waals surface area contributed by atoms with Crippen LogP contribution in [0.3, 0.4) is 0 Å². The van der Waals surface area contributed by atoms with Crippen molar-refractivity contribution in [1.82, 2.24) is 15.0 Å². The maximum absolute atomic E-state index is 11.2. The number of nitrogens with zero attached hydrogens (tertiary/aromatic N) is 4. The van der Waals surface area contributed by atoms with Gasteiger partial charge in [0.15, 0.2) is 10.4 Å². The Bertz CT molecular complexity index is 598. The minimum absolute atomic E-state index is 0.465. The number of hydrogen-bond donors (Lipinski definition) is 2. The van der Waals surface area contributed by atoms with E-state index in [9.17, 15) is 4.79 Å². The van der Waals surface area contributed by atoms with E-state index < -0.39 is 11.3 Å². The minimum Gasteiger partial charge on any atom is -0.367 e. The summed E-state index contributed by atoms with van der Waals surface area (Å²) in [4.78, 5) is 12.6. The number of hydrazine groups is 1. The van der Waals surface area contributed by atoms with Gasteiger partial charge in [0, 0.05) is 0 Å². The maximum atomic E-state index is 11.2. The summed E-state index contributed by atoms with van der Waals surface area (Å²) in [6.45, 7) is 0. The number of fused-ring (bicyclic) bond motifs is 1. The molecule has 1 aromatic carbocycles. The second-order valence-corrected chi connectivity index (χ2v) is 4.80. The predicted octanol–water partition coefficient (Wildman–Crippen LogP) is -0.136. The van der Waals surface area contributed by atoms with Crippen LogP contribution in [0.4, 0.5) is 5.82 Å². The van der Waals surface area contributed by atoms with Crippen LogP contribution in [0.1, 0.15) is 0 Å². The summed E-state index contributed by atoms with van der Waals surface area (Å²) >= 11 is 1.20. The van der Waals surface area contributed by atoms with Crippen LogP contribution in [0.25, 0.3) is 5.69 Å². The van der Waals surface area contributed by atoms with Crippen LogP contribution in [0.5, 0.6) is 0 Å². The number of rotatable bonds is 2. The molecule has 1 aromatic heterocycles. The first kappa shape index (κ1) is 11.1. The average molecular weight is 262 g/mol. The fraction of sp³-hybridized carbons (Fsp3) is 0.100. The van der Waals surface area contributed by atoms with E-state index in [1.807, 2.05) is 30.3 Å². The van der Waals surface area contributed by atoms with Gasteiger partial charge in [0.25, 0.3) is 5.91 Å². The van der Waals surface area contributed by atoms with E-state index in [0.29, 0.717) is 10.8 Å². The molecule has 1 amide bonds. The van der Waals surface area contributed by atoms with Crippen LogP contribution in [0.2, 0.25) is 0 Å². The van der Waals surface area contributed by atoms with Crippen molar-refractivity contribution in [3.8, 4) is 5.69 Å². The van der Waals surface area contributed by atoms with Crippen LogP contribution in [0.15, 0.2) is 35.4 Å². The highest BCUT2D eigenvalue weighted by molar-refractivity contribution is 8.01. The van der Waals surface area contributed by atoms with Gasteiger partial charge in [0.2, 0.25) is 5.82 Å². The summed E-state index contributed by atoms with van der Waals surface area (Å²) in [5.74, 6) is 5.74. The Morgan fingerprint density at radius 2 is 2.00 bits per heavy atom. The van der Waals surface area contributed by atoms with Crippen LogP contribution < -0.4 is 16.6 Å². The summed E-state index contributed by atoms with van der Waals surface area (Å²) in [5.41, 5.74) is 6.06. The molecule has 2 heterocycles. The Balaban J connectivity index is 1.96. The summed E-state index contributed by atoms with van der Waals surface area (Å²) in [6.07, 6.45) is 0. The number of aromatic nitrogens is 3. The number of anilines is 1. The number of carbonyl (C=O) groups is 1. The molecule has 18 heavy (non-hydrogen) atoms. The molecule has 1 aliphatic rings. The number of carbonyl (C=O) groups excluding carboxylic acids is 1. The van der Waals surface area contributed by atoms with Crippen molar-refractivity contribution in [3.05, 3.63) is 30.3 Å². The Morgan fingerprint density at radius 3 is 2.61 bits per heavy atom. The zero-order chi connectivity index (χ0) is 12.7. The molecule has 92 valence electrons. The van der Waals surface area contributed by atoms with Gasteiger partial charge in [0.1, 0.15) is 0 Å². The van der Waals surface area contributed by atoms with Gasteiger partial charge in [-0.3, -0.25) is 9.80 Å². The molecule has 1 atom stereocenters. The number of amides is 1. The van der Waals surface area contributed by atoms with E-state index in [4.69, 9.17) is 11.6 Å². The topological polar surface area (TPSA) is 103 Å². The molecule has 0 fully saturated rings. The SMILES string of the molecule is NC(=O)C1Sc2nn(-c3ccccc3)nc2N1N. The molecule has 0 saturated carbocycles. The van der Waals surface area contributed by atoms with Crippen LogP contribution in [-0.2, 0) is 4.79 Å². The normalized spacial score (nSPS) is 17.8. The maximum Gasteiger partial charge on any atom is 0.252 e. The van der Waals surface area contributed by atoms with Gasteiger partial charge < -0.3 is 5.73 Å². The smallest absolute Gasteiger partial charge is 0.252 e. The molecule has 0 radical (unpaired) electrons. The zero-order valence-corrected chi connectivity index (χ0v) is 10.0. The predicted molar refractivity (Wildman–Crippen MR) is 66.9 cm³/mol. The van der Waals surface area contributed by atoms with Gasteiger partial charge in [-0.2, -0.15) is 0 Å².